The van der Waals surface area contributed by atoms with Crippen LogP contribution in [0.15, 0.2) is 11.1 Å². The van der Waals surface area contributed by atoms with Gasteiger partial charge in [0.1, 0.15) is 17.3 Å². The number of ketones is 1. The fourth-order valence-corrected chi connectivity index (χ4v) is 12.4. The zero-order chi connectivity index (χ0) is 29.6. The van der Waals surface area contributed by atoms with Crippen LogP contribution in [0.5, 0.6) is 0 Å². The summed E-state index contributed by atoms with van der Waals surface area (Å²) in [6, 6.07) is 2.59. The molecule has 0 unspecified atom stereocenters. The second kappa shape index (κ2) is 9.81. The first kappa shape index (κ1) is 31.5. The van der Waals surface area contributed by atoms with Crippen LogP contribution in [-0.4, -0.2) is 91.2 Å². The Kier molecular flexibility index (Phi) is 7.92. The number of aliphatic hydroxyl groups excluding tert-OH is 2. The van der Waals surface area contributed by atoms with Gasteiger partial charge in [0.25, 0.3) is 0 Å². The van der Waals surface area contributed by atoms with Gasteiger partial charge < -0.3 is 34.0 Å². The van der Waals surface area contributed by atoms with E-state index in [1.54, 1.807) is 20.8 Å². The van der Waals surface area contributed by atoms with Gasteiger partial charge in [0.15, 0.2) is 22.4 Å². The molecule has 1 heterocycles. The van der Waals surface area contributed by atoms with Crippen LogP contribution in [0.2, 0.25) is 37.8 Å². The van der Waals surface area contributed by atoms with Crippen LogP contribution in [0.4, 0.5) is 0 Å². The van der Waals surface area contributed by atoms with Gasteiger partial charge in [-0.15, -0.1) is 0 Å². The van der Waals surface area contributed by atoms with Crippen LogP contribution in [0, 0.1) is 16.7 Å². The number of Topliss-reactive ketones (excluding diaryl/α,β-unsaturated/α-hetero) is 1. The third kappa shape index (κ3) is 4.35. The molecule has 1 saturated heterocycles. The molecule has 0 radical (unpaired) electrons. The van der Waals surface area contributed by atoms with E-state index in [-0.39, 0.29) is 13.0 Å². The van der Waals surface area contributed by atoms with Gasteiger partial charge >= 0.3 is 0 Å². The molecule has 4 rings (SSSR count). The Hall–Kier alpha value is -0.436. The summed E-state index contributed by atoms with van der Waals surface area (Å²) in [7, 11) is -4.36. The highest BCUT2D eigenvalue weighted by Crippen LogP contribution is 2.63. The Labute approximate surface area is 236 Å². The molecule has 1 aliphatic heterocycles. The van der Waals surface area contributed by atoms with E-state index in [9.17, 15) is 25.2 Å². The fraction of sp³-hybridized carbons (Fsp3) is 0.897. The number of rotatable bonds is 7. The highest BCUT2D eigenvalue weighted by molar-refractivity contribution is 6.73. The maximum Gasteiger partial charge on any atom is 0.192 e. The molecule has 10 heteroatoms. The van der Waals surface area contributed by atoms with E-state index in [1.165, 1.54) is 0 Å². The number of ether oxygens (including phenoxy) is 1. The third-order valence-corrected chi connectivity index (χ3v) is 16.8. The van der Waals surface area contributed by atoms with Crippen LogP contribution in [0.25, 0.3) is 0 Å². The molecule has 0 aromatic heterocycles. The topological polar surface area (TPSA) is 126 Å². The first-order valence-electron chi connectivity index (χ1n) is 14.8. The lowest BCUT2D eigenvalue weighted by molar-refractivity contribution is -0.343. The summed E-state index contributed by atoms with van der Waals surface area (Å²) >= 11 is 0. The second-order valence-corrected chi connectivity index (χ2v) is 23.6. The lowest BCUT2D eigenvalue weighted by atomic mass is 9.45. The van der Waals surface area contributed by atoms with Crippen LogP contribution < -0.4 is 0 Å². The molecule has 224 valence electrons. The molecule has 9 atom stereocenters. The molecule has 39 heavy (non-hydrogen) atoms. The summed E-state index contributed by atoms with van der Waals surface area (Å²) in [6.07, 6.45) is -4.50. The van der Waals surface area contributed by atoms with Crippen molar-refractivity contribution in [1.29, 1.82) is 0 Å². The highest BCUT2D eigenvalue weighted by Gasteiger charge is 2.75. The minimum absolute atomic E-state index is 0.0456. The van der Waals surface area contributed by atoms with Gasteiger partial charge in [0.05, 0.1) is 36.4 Å². The summed E-state index contributed by atoms with van der Waals surface area (Å²) < 4.78 is 19.3. The predicted octanol–water partition coefficient (Wildman–Crippen LogP) is 3.54. The molecular weight excluding hydrogens is 532 g/mol. The Bertz CT molecular complexity index is 1010. The van der Waals surface area contributed by atoms with Gasteiger partial charge in [-0.05, 0) is 62.8 Å². The summed E-state index contributed by atoms with van der Waals surface area (Å²) in [6.45, 7) is 19.6. The van der Waals surface area contributed by atoms with Crippen molar-refractivity contribution in [3.63, 3.8) is 0 Å². The molecule has 8 nitrogen and oxygen atoms in total. The van der Waals surface area contributed by atoms with Gasteiger partial charge in [-0.25, -0.2) is 0 Å². The van der Waals surface area contributed by atoms with E-state index < -0.39 is 80.9 Å². The molecule has 0 spiro atoms. The summed E-state index contributed by atoms with van der Waals surface area (Å²) in [4.78, 5) is 14.7. The summed E-state index contributed by atoms with van der Waals surface area (Å²) in [5.74, 6) is -1.57. The van der Waals surface area contributed by atoms with Gasteiger partial charge in [-0.1, -0.05) is 34.6 Å². The van der Waals surface area contributed by atoms with Crippen molar-refractivity contribution < 1.29 is 38.8 Å². The number of carbonyl (C=O) groups is 1. The first-order valence-corrected chi connectivity index (χ1v) is 20.8. The molecule has 2 saturated carbocycles. The van der Waals surface area contributed by atoms with E-state index in [4.69, 9.17) is 13.6 Å². The fourth-order valence-electron chi connectivity index (χ4n) is 8.38. The average Bonchev–Trinajstić information content (AvgIpc) is 2.84. The maximum atomic E-state index is 14.7. The minimum atomic E-state index is -2.25. The Morgan fingerprint density at radius 1 is 1.00 bits per heavy atom. The van der Waals surface area contributed by atoms with Crippen molar-refractivity contribution in [3.05, 3.63) is 11.1 Å². The van der Waals surface area contributed by atoms with Gasteiger partial charge in [-0.3, -0.25) is 4.79 Å². The first-order chi connectivity index (χ1) is 17.8. The van der Waals surface area contributed by atoms with Crippen molar-refractivity contribution in [1.82, 2.24) is 0 Å². The van der Waals surface area contributed by atoms with Crippen molar-refractivity contribution >= 4 is 22.4 Å². The predicted molar refractivity (Wildman–Crippen MR) is 154 cm³/mol. The van der Waals surface area contributed by atoms with E-state index >= 15 is 0 Å². The van der Waals surface area contributed by atoms with Crippen molar-refractivity contribution in [2.24, 2.45) is 16.7 Å². The zero-order valence-electron chi connectivity index (χ0n) is 25.6. The van der Waals surface area contributed by atoms with Crippen molar-refractivity contribution in [2.45, 2.75) is 141 Å². The number of fused-ring (bicyclic) bond motifs is 5. The molecule has 0 aromatic carbocycles. The number of carbonyl (C=O) groups excluding carboxylic acids is 1. The average molecular weight is 585 g/mol. The molecule has 3 fully saturated rings. The maximum absolute atomic E-state index is 14.7. The molecule has 2 bridgehead atoms. The summed E-state index contributed by atoms with van der Waals surface area (Å²) in [5, 5.41) is 48.9. The van der Waals surface area contributed by atoms with Crippen LogP contribution in [0.3, 0.4) is 0 Å². The summed E-state index contributed by atoms with van der Waals surface area (Å²) in [5.41, 5.74) is -4.79. The van der Waals surface area contributed by atoms with Gasteiger partial charge in [-0.2, -0.15) is 0 Å². The Balaban J connectivity index is 1.96. The largest absolute Gasteiger partial charge is 0.413 e. The third-order valence-electron chi connectivity index (χ3n) is 11.2. The molecule has 4 N–H and O–H groups in total. The smallest absolute Gasteiger partial charge is 0.192 e. The van der Waals surface area contributed by atoms with Crippen LogP contribution in [-0.2, 0) is 18.4 Å². The lowest BCUT2D eigenvalue weighted by Gasteiger charge is -2.67. The van der Waals surface area contributed by atoms with Crippen LogP contribution >= 0.6 is 0 Å². The van der Waals surface area contributed by atoms with E-state index in [0.717, 1.165) is 23.7 Å². The minimum Gasteiger partial charge on any atom is -0.413 e. The van der Waals surface area contributed by atoms with Gasteiger partial charge in [0.2, 0.25) is 0 Å². The SMILES string of the molecule is CC[Si](CC)(CC)O[C@H]1C[C@H]2OC[C@@]2(O)[C@H]2[C@H](O)[C@]3(O)C[C@H](O[Si](C)(C)C)C(C)=C([C@@H](O)C(=O)[C@]12C)C3(C)C. The number of aliphatic hydroxyl groups is 4. The standard InChI is InChI=1S/C29H52O8Si2/c1-11-39(12-2,13-3)37-19-14-20-28(33,16-35-20)23-25(32)29(34)15-18(36-38(8,9)10)17(4)21(26(29,5)6)22(30)24(31)27(19,23)7/h18-20,22-23,25,30,32-34H,11-16H2,1-10H3/t18-,19-,20+,22+,23-,25-,27+,28-,29+/m0/s1. The zero-order valence-corrected chi connectivity index (χ0v) is 27.6. The van der Waals surface area contributed by atoms with E-state index in [2.05, 4.69) is 20.8 Å². The quantitative estimate of drug-likeness (QED) is 0.265. The second-order valence-electron chi connectivity index (χ2n) is 14.4. The number of hydrogen-bond acceptors (Lipinski definition) is 8. The molecule has 3 aliphatic carbocycles. The molecular formula is C29H52O8Si2. The van der Waals surface area contributed by atoms with E-state index in [1.807, 2.05) is 26.6 Å². The Morgan fingerprint density at radius 3 is 2.03 bits per heavy atom. The highest BCUT2D eigenvalue weighted by atomic mass is 28.4. The monoisotopic (exact) mass is 584 g/mol. The normalized spacial score (nSPS) is 44.2. The van der Waals surface area contributed by atoms with Crippen molar-refractivity contribution in [2.75, 3.05) is 6.61 Å². The van der Waals surface area contributed by atoms with E-state index in [0.29, 0.717) is 12.0 Å². The lowest BCUT2D eigenvalue weighted by Crippen LogP contribution is -2.81. The molecule has 0 aromatic rings. The van der Waals surface area contributed by atoms with Crippen molar-refractivity contribution in [3.8, 4) is 0 Å². The molecule has 4 aliphatic rings. The van der Waals surface area contributed by atoms with Crippen LogP contribution in [0.1, 0.15) is 61.3 Å². The Morgan fingerprint density at radius 2 is 1.56 bits per heavy atom. The number of hydrogen-bond donors (Lipinski definition) is 4. The van der Waals surface area contributed by atoms with Gasteiger partial charge in [0, 0.05) is 24.2 Å². The molecule has 0 amide bonds.